The molecule has 0 bridgehead atoms. The van der Waals surface area contributed by atoms with E-state index in [0.29, 0.717) is 21.0 Å². The molecule has 2 aromatic carbocycles. The largest absolute Gasteiger partial charge is 0.403 e. The average molecular weight is 426 g/mol. The van der Waals surface area contributed by atoms with E-state index in [0.717, 1.165) is 5.56 Å². The monoisotopic (exact) mass is 425 g/mol. The first-order valence-corrected chi connectivity index (χ1v) is 10.2. The molecule has 0 N–H and O–H groups in total. The smallest absolute Gasteiger partial charge is 0.344 e. The van der Waals surface area contributed by atoms with Gasteiger partial charge in [0.2, 0.25) is 5.88 Å². The van der Waals surface area contributed by atoms with Crippen molar-refractivity contribution in [1.82, 2.24) is 9.78 Å². The lowest BCUT2D eigenvalue weighted by Gasteiger charge is -2.22. The Morgan fingerprint density at radius 2 is 1.83 bits per heavy atom. The highest BCUT2D eigenvalue weighted by Gasteiger charge is 2.29. The number of esters is 1. The molecule has 0 amide bonds. The van der Waals surface area contributed by atoms with Crippen LogP contribution in [0.1, 0.15) is 42.4 Å². The van der Waals surface area contributed by atoms with Crippen LogP contribution >= 0.6 is 11.8 Å². The Labute approximate surface area is 179 Å². The van der Waals surface area contributed by atoms with Crippen molar-refractivity contribution in [3.8, 4) is 5.88 Å². The zero-order valence-corrected chi connectivity index (χ0v) is 18.3. The van der Waals surface area contributed by atoms with Gasteiger partial charge in [0.15, 0.2) is 0 Å². The molecule has 0 fully saturated rings. The van der Waals surface area contributed by atoms with E-state index in [2.05, 4.69) is 5.10 Å². The van der Waals surface area contributed by atoms with Crippen molar-refractivity contribution in [3.63, 3.8) is 0 Å². The molecule has 1 aromatic heterocycles. The SMILES string of the molecule is Cc1cccc(C(=O)Oc2c(Sc3ccccc3[N+](=O)[O-])c(C)nn2C(C)(C)C)c1. The quantitative estimate of drug-likeness (QED) is 0.303. The number of hydrogen-bond donors (Lipinski definition) is 0. The van der Waals surface area contributed by atoms with E-state index < -0.39 is 16.4 Å². The lowest BCUT2D eigenvalue weighted by atomic mass is 10.1. The number of rotatable bonds is 5. The molecule has 156 valence electrons. The third kappa shape index (κ3) is 4.54. The molecule has 0 aliphatic carbocycles. The second kappa shape index (κ2) is 8.31. The van der Waals surface area contributed by atoms with E-state index in [4.69, 9.17) is 4.74 Å². The molecule has 3 aromatic rings. The van der Waals surface area contributed by atoms with Crippen molar-refractivity contribution < 1.29 is 14.5 Å². The summed E-state index contributed by atoms with van der Waals surface area (Å²) in [6.07, 6.45) is 0. The van der Waals surface area contributed by atoms with Crippen LogP contribution in [0.5, 0.6) is 5.88 Å². The number of nitro groups is 1. The van der Waals surface area contributed by atoms with Gasteiger partial charge < -0.3 is 4.74 Å². The molecule has 0 atom stereocenters. The van der Waals surface area contributed by atoms with Crippen LogP contribution < -0.4 is 4.74 Å². The number of nitro benzene ring substituents is 1. The van der Waals surface area contributed by atoms with Gasteiger partial charge in [-0.25, -0.2) is 9.48 Å². The summed E-state index contributed by atoms with van der Waals surface area (Å²) in [5.74, 6) is -0.233. The Morgan fingerprint density at radius 3 is 2.47 bits per heavy atom. The molecule has 8 heteroatoms. The molecule has 0 aliphatic rings. The first-order valence-electron chi connectivity index (χ1n) is 9.38. The van der Waals surface area contributed by atoms with Crippen LogP contribution in [0.15, 0.2) is 58.3 Å². The molecular weight excluding hydrogens is 402 g/mol. The van der Waals surface area contributed by atoms with Crippen LogP contribution in [-0.2, 0) is 5.54 Å². The van der Waals surface area contributed by atoms with Gasteiger partial charge in [0, 0.05) is 6.07 Å². The number of nitrogens with zero attached hydrogens (tertiary/aromatic N) is 3. The molecular formula is C22H23N3O4S. The number of hydrogen-bond acceptors (Lipinski definition) is 6. The van der Waals surface area contributed by atoms with Gasteiger partial charge >= 0.3 is 5.97 Å². The predicted octanol–water partition coefficient (Wildman–Crippen LogP) is 5.53. The fourth-order valence-corrected chi connectivity index (χ4v) is 3.89. The van der Waals surface area contributed by atoms with Gasteiger partial charge in [-0.15, -0.1) is 0 Å². The van der Waals surface area contributed by atoms with Crippen LogP contribution in [0.2, 0.25) is 0 Å². The molecule has 7 nitrogen and oxygen atoms in total. The minimum atomic E-state index is -0.506. The maximum atomic E-state index is 12.9. The van der Waals surface area contributed by atoms with E-state index in [1.54, 1.807) is 48.0 Å². The molecule has 30 heavy (non-hydrogen) atoms. The fraction of sp³-hybridized carbons (Fsp3) is 0.273. The number of carbonyl (C=O) groups excluding carboxylic acids is 1. The Hall–Kier alpha value is -3.13. The van der Waals surface area contributed by atoms with Crippen LogP contribution in [0.3, 0.4) is 0 Å². The maximum Gasteiger partial charge on any atom is 0.344 e. The highest BCUT2D eigenvalue weighted by Crippen LogP contribution is 2.43. The van der Waals surface area contributed by atoms with E-state index in [1.165, 1.54) is 17.8 Å². The Kier molecular flexibility index (Phi) is 5.98. The van der Waals surface area contributed by atoms with Crippen molar-refractivity contribution >= 4 is 23.4 Å². The highest BCUT2D eigenvalue weighted by atomic mass is 32.2. The second-order valence-corrected chi connectivity index (χ2v) is 8.94. The normalized spacial score (nSPS) is 11.4. The molecule has 0 spiro atoms. The summed E-state index contributed by atoms with van der Waals surface area (Å²) < 4.78 is 7.45. The second-order valence-electron chi connectivity index (χ2n) is 7.89. The zero-order valence-electron chi connectivity index (χ0n) is 17.5. The van der Waals surface area contributed by atoms with Crippen molar-refractivity contribution in [2.24, 2.45) is 0 Å². The van der Waals surface area contributed by atoms with Crippen molar-refractivity contribution in [3.05, 3.63) is 75.5 Å². The Bertz CT molecular complexity index is 1120. The van der Waals surface area contributed by atoms with Gasteiger partial charge in [-0.05, 0) is 52.8 Å². The summed E-state index contributed by atoms with van der Waals surface area (Å²) in [4.78, 5) is 24.9. The summed E-state index contributed by atoms with van der Waals surface area (Å²) in [7, 11) is 0. The molecule has 0 aliphatic heterocycles. The van der Waals surface area contributed by atoms with Gasteiger partial charge in [0.1, 0.15) is 0 Å². The van der Waals surface area contributed by atoms with Crippen molar-refractivity contribution in [1.29, 1.82) is 0 Å². The molecule has 0 unspecified atom stereocenters. The van der Waals surface area contributed by atoms with Gasteiger partial charge in [0.25, 0.3) is 5.69 Å². The molecule has 1 heterocycles. The Balaban J connectivity index is 2.07. The summed E-state index contributed by atoms with van der Waals surface area (Å²) in [5, 5.41) is 16.0. The third-order valence-electron chi connectivity index (χ3n) is 4.32. The predicted molar refractivity (Wildman–Crippen MR) is 115 cm³/mol. The van der Waals surface area contributed by atoms with Gasteiger partial charge in [-0.1, -0.05) is 41.6 Å². The minimum absolute atomic E-state index is 0.0126. The molecule has 3 rings (SSSR count). The number of aryl methyl sites for hydroxylation is 2. The topological polar surface area (TPSA) is 87.3 Å². The van der Waals surface area contributed by atoms with Crippen LogP contribution in [0, 0.1) is 24.0 Å². The fourth-order valence-electron chi connectivity index (χ4n) is 2.88. The summed E-state index contributed by atoms with van der Waals surface area (Å²) >= 11 is 1.17. The lowest BCUT2D eigenvalue weighted by Crippen LogP contribution is -2.25. The molecule has 0 saturated heterocycles. The van der Waals surface area contributed by atoms with Gasteiger partial charge in [0.05, 0.1) is 31.5 Å². The van der Waals surface area contributed by atoms with Gasteiger partial charge in [-0.2, -0.15) is 5.10 Å². The minimum Gasteiger partial charge on any atom is -0.403 e. The number of para-hydroxylation sites is 1. The van der Waals surface area contributed by atoms with Crippen LogP contribution in [0.25, 0.3) is 0 Å². The summed E-state index contributed by atoms with van der Waals surface area (Å²) in [5.41, 5.74) is 1.52. The summed E-state index contributed by atoms with van der Waals surface area (Å²) in [6, 6.07) is 13.6. The van der Waals surface area contributed by atoms with Crippen LogP contribution in [0.4, 0.5) is 5.69 Å². The number of aromatic nitrogens is 2. The van der Waals surface area contributed by atoms with E-state index in [9.17, 15) is 14.9 Å². The molecule has 0 radical (unpaired) electrons. The first-order chi connectivity index (χ1) is 14.1. The third-order valence-corrected chi connectivity index (χ3v) is 5.56. The van der Waals surface area contributed by atoms with Crippen LogP contribution in [-0.4, -0.2) is 20.7 Å². The zero-order chi connectivity index (χ0) is 22.1. The Morgan fingerprint density at radius 1 is 1.13 bits per heavy atom. The number of benzene rings is 2. The maximum absolute atomic E-state index is 12.9. The highest BCUT2D eigenvalue weighted by molar-refractivity contribution is 7.99. The van der Waals surface area contributed by atoms with E-state index in [1.807, 2.05) is 33.8 Å². The first kappa shape index (κ1) is 21.6. The average Bonchev–Trinajstić information content (AvgIpc) is 2.98. The van der Waals surface area contributed by atoms with Gasteiger partial charge in [-0.3, -0.25) is 10.1 Å². The van der Waals surface area contributed by atoms with Crippen molar-refractivity contribution in [2.45, 2.75) is 49.9 Å². The lowest BCUT2D eigenvalue weighted by molar-refractivity contribution is -0.387. The van der Waals surface area contributed by atoms with E-state index in [-0.39, 0.29) is 11.6 Å². The number of ether oxygens (including phenoxy) is 1. The standard InChI is InChI=1S/C22H23N3O4S/c1-14-9-8-10-16(13-14)21(26)29-20-19(15(2)23-24(20)22(3,4)5)30-18-12-7-6-11-17(18)25(27)28/h6-13H,1-5H3. The summed E-state index contributed by atoms with van der Waals surface area (Å²) in [6.45, 7) is 9.54. The molecule has 0 saturated carbocycles. The number of carbonyl (C=O) groups is 1. The van der Waals surface area contributed by atoms with Crippen molar-refractivity contribution in [2.75, 3.05) is 0 Å². The van der Waals surface area contributed by atoms with E-state index >= 15 is 0 Å².